The summed E-state index contributed by atoms with van der Waals surface area (Å²) < 4.78 is 61.1. The Labute approximate surface area is 251 Å². The molecule has 1 aliphatic rings. The van der Waals surface area contributed by atoms with Crippen molar-refractivity contribution in [1.29, 1.82) is 0 Å². The number of halogens is 4. The van der Waals surface area contributed by atoms with Gasteiger partial charge in [0.15, 0.2) is 0 Å². The number of rotatable bonds is 14. The number of aliphatic hydroxyl groups is 1. The minimum Gasteiger partial charge on any atom is -0.478 e. The van der Waals surface area contributed by atoms with Crippen molar-refractivity contribution in [2.24, 2.45) is 5.92 Å². The van der Waals surface area contributed by atoms with Gasteiger partial charge >= 0.3 is 5.97 Å². The topological polar surface area (TPSA) is 145 Å². The SMILES string of the molecule is CC(C)[C@H](O)C(=O)N1C[C@H](OCc2ccccc2)CC1C(=O)N[C@@H](CC(F)F)C(=O)NCCc1c(F)cc(C(=O)O)cc1F. The van der Waals surface area contributed by atoms with Gasteiger partial charge in [-0.25, -0.2) is 22.4 Å². The zero-order chi connectivity index (χ0) is 32.6. The minimum absolute atomic E-state index is 0.0247. The second kappa shape index (κ2) is 15.6. The molecular weight excluding hydrogens is 590 g/mol. The molecule has 10 nitrogen and oxygen atoms in total. The van der Waals surface area contributed by atoms with E-state index in [2.05, 4.69) is 10.6 Å². The first-order valence-electron chi connectivity index (χ1n) is 14.0. The van der Waals surface area contributed by atoms with Crippen LogP contribution in [0.5, 0.6) is 0 Å². The molecule has 240 valence electrons. The highest BCUT2D eigenvalue weighted by atomic mass is 19.3. The number of ether oxygens (including phenoxy) is 1. The van der Waals surface area contributed by atoms with Gasteiger partial charge in [0.05, 0.1) is 18.3 Å². The van der Waals surface area contributed by atoms with E-state index in [1.807, 2.05) is 30.3 Å². The van der Waals surface area contributed by atoms with Gasteiger partial charge in [0.25, 0.3) is 5.91 Å². The fourth-order valence-corrected chi connectivity index (χ4v) is 4.73. The molecule has 4 atom stereocenters. The summed E-state index contributed by atoms with van der Waals surface area (Å²) in [5, 5.41) is 23.8. The van der Waals surface area contributed by atoms with Crippen LogP contribution in [0, 0.1) is 17.6 Å². The van der Waals surface area contributed by atoms with Gasteiger partial charge in [-0.05, 0) is 30.0 Å². The van der Waals surface area contributed by atoms with Crippen LogP contribution in [0.15, 0.2) is 42.5 Å². The fourth-order valence-electron chi connectivity index (χ4n) is 4.73. The molecule has 1 fully saturated rings. The van der Waals surface area contributed by atoms with Crippen molar-refractivity contribution < 1.29 is 51.7 Å². The lowest BCUT2D eigenvalue weighted by Crippen LogP contribution is -2.55. The molecule has 0 spiro atoms. The van der Waals surface area contributed by atoms with Crippen LogP contribution in [-0.2, 0) is 32.1 Å². The molecule has 4 N–H and O–H groups in total. The first-order valence-corrected chi connectivity index (χ1v) is 14.0. The average molecular weight is 626 g/mol. The van der Waals surface area contributed by atoms with Crippen molar-refractivity contribution in [3.05, 3.63) is 70.8 Å². The third-order valence-electron chi connectivity index (χ3n) is 7.17. The molecule has 0 aromatic heterocycles. The zero-order valence-electron chi connectivity index (χ0n) is 24.1. The summed E-state index contributed by atoms with van der Waals surface area (Å²) in [6.07, 6.45) is -6.63. The Hall–Kier alpha value is -4.04. The van der Waals surface area contributed by atoms with Gasteiger partial charge in [-0.2, -0.15) is 0 Å². The zero-order valence-corrected chi connectivity index (χ0v) is 24.1. The number of hydrogen-bond donors (Lipinski definition) is 4. The third-order valence-corrected chi connectivity index (χ3v) is 7.17. The number of benzene rings is 2. The number of carboxylic acid groups (broad SMARTS) is 1. The van der Waals surface area contributed by atoms with E-state index in [1.54, 1.807) is 13.8 Å². The van der Waals surface area contributed by atoms with Crippen LogP contribution in [0.25, 0.3) is 0 Å². The summed E-state index contributed by atoms with van der Waals surface area (Å²) in [5.74, 6) is -7.07. The summed E-state index contributed by atoms with van der Waals surface area (Å²) in [5.41, 5.74) is -0.289. The van der Waals surface area contributed by atoms with Gasteiger partial charge in [-0.15, -0.1) is 0 Å². The van der Waals surface area contributed by atoms with Crippen LogP contribution in [0.4, 0.5) is 17.6 Å². The van der Waals surface area contributed by atoms with E-state index in [9.17, 15) is 41.8 Å². The van der Waals surface area contributed by atoms with Crippen LogP contribution in [0.1, 0.15) is 48.2 Å². The number of alkyl halides is 2. The molecule has 0 saturated carbocycles. The predicted molar refractivity (Wildman–Crippen MR) is 149 cm³/mol. The Morgan fingerprint density at radius 1 is 1.07 bits per heavy atom. The molecule has 0 bridgehead atoms. The Balaban J connectivity index is 1.69. The normalized spacial score (nSPS) is 17.9. The highest BCUT2D eigenvalue weighted by Gasteiger charge is 2.43. The molecule has 44 heavy (non-hydrogen) atoms. The van der Waals surface area contributed by atoms with Gasteiger partial charge < -0.3 is 30.5 Å². The highest BCUT2D eigenvalue weighted by Crippen LogP contribution is 2.25. The van der Waals surface area contributed by atoms with E-state index >= 15 is 0 Å². The maximum atomic E-state index is 14.2. The van der Waals surface area contributed by atoms with E-state index in [0.717, 1.165) is 10.5 Å². The van der Waals surface area contributed by atoms with Crippen LogP contribution < -0.4 is 10.6 Å². The molecule has 0 aliphatic carbocycles. The molecule has 1 aliphatic heterocycles. The smallest absolute Gasteiger partial charge is 0.335 e. The lowest BCUT2D eigenvalue weighted by atomic mass is 10.1. The quantitative estimate of drug-likeness (QED) is 0.236. The van der Waals surface area contributed by atoms with Crippen molar-refractivity contribution in [3.63, 3.8) is 0 Å². The van der Waals surface area contributed by atoms with Crippen LogP contribution >= 0.6 is 0 Å². The maximum Gasteiger partial charge on any atom is 0.335 e. The van der Waals surface area contributed by atoms with Crippen molar-refractivity contribution in [3.8, 4) is 0 Å². The summed E-state index contributed by atoms with van der Waals surface area (Å²) in [6.45, 7) is 2.91. The summed E-state index contributed by atoms with van der Waals surface area (Å²) in [4.78, 5) is 51.3. The lowest BCUT2D eigenvalue weighted by molar-refractivity contribution is -0.147. The number of likely N-dealkylation sites (tertiary alicyclic amines) is 1. The van der Waals surface area contributed by atoms with Gasteiger partial charge in [-0.3, -0.25) is 14.4 Å². The van der Waals surface area contributed by atoms with Gasteiger partial charge in [0, 0.05) is 31.5 Å². The maximum absolute atomic E-state index is 14.2. The number of carbonyl (C=O) groups excluding carboxylic acids is 3. The summed E-state index contributed by atoms with van der Waals surface area (Å²) in [6, 6.07) is 7.34. The van der Waals surface area contributed by atoms with E-state index in [0.29, 0.717) is 12.1 Å². The number of nitrogens with zero attached hydrogens (tertiary/aromatic N) is 1. The van der Waals surface area contributed by atoms with Crippen molar-refractivity contribution in [1.82, 2.24) is 15.5 Å². The van der Waals surface area contributed by atoms with Crippen LogP contribution in [0.2, 0.25) is 0 Å². The number of aromatic carboxylic acids is 1. The Kier molecular flexibility index (Phi) is 12.2. The Morgan fingerprint density at radius 2 is 1.70 bits per heavy atom. The van der Waals surface area contributed by atoms with Gasteiger partial charge in [0.2, 0.25) is 18.2 Å². The number of amides is 3. The highest BCUT2D eigenvalue weighted by molar-refractivity contribution is 5.93. The number of carbonyl (C=O) groups is 4. The molecular formula is C30H35F4N3O7. The number of aliphatic hydroxyl groups excluding tert-OH is 1. The molecule has 1 heterocycles. The summed E-state index contributed by atoms with van der Waals surface area (Å²) >= 11 is 0. The molecule has 3 rings (SSSR count). The van der Waals surface area contributed by atoms with E-state index < -0.39 is 102 Å². The fraction of sp³-hybridized carbons (Fsp3) is 0.467. The van der Waals surface area contributed by atoms with E-state index in [4.69, 9.17) is 9.84 Å². The number of nitrogens with one attached hydrogen (secondary N) is 2. The molecule has 3 amide bonds. The lowest BCUT2D eigenvalue weighted by Gasteiger charge is -2.28. The van der Waals surface area contributed by atoms with E-state index in [-0.39, 0.29) is 19.6 Å². The molecule has 2 aromatic rings. The standard InChI is InChI=1S/C30H35F4N3O7/c1-16(2)26(38)29(41)37-14-19(44-15-17-6-4-3-5-7-17)12-24(37)28(40)36-23(13-25(33)34)27(39)35-9-8-20-21(31)10-18(30(42)43)11-22(20)32/h3-7,10-11,16,19,23-26,38H,8-9,12-15H2,1-2H3,(H,35,39)(H,36,40)(H,42,43)/t19-,23+,24?,26+/m1/s1. The van der Waals surface area contributed by atoms with Gasteiger partial charge in [-0.1, -0.05) is 44.2 Å². The minimum atomic E-state index is -3.02. The monoisotopic (exact) mass is 625 g/mol. The van der Waals surface area contributed by atoms with Crippen LogP contribution in [0.3, 0.4) is 0 Å². The van der Waals surface area contributed by atoms with Crippen molar-refractivity contribution in [2.45, 2.75) is 70.4 Å². The van der Waals surface area contributed by atoms with Gasteiger partial charge in [0.1, 0.15) is 29.8 Å². The second-order valence-corrected chi connectivity index (χ2v) is 10.8. The number of hydrogen-bond acceptors (Lipinski definition) is 6. The molecule has 14 heteroatoms. The third kappa shape index (κ3) is 9.23. The molecule has 1 unspecified atom stereocenters. The van der Waals surface area contributed by atoms with E-state index in [1.165, 1.54) is 0 Å². The largest absolute Gasteiger partial charge is 0.478 e. The first kappa shape index (κ1) is 34.5. The second-order valence-electron chi connectivity index (χ2n) is 10.8. The van der Waals surface area contributed by atoms with Crippen molar-refractivity contribution >= 4 is 23.7 Å². The first-order chi connectivity index (χ1) is 20.8. The van der Waals surface area contributed by atoms with Crippen LogP contribution in [-0.4, -0.2) is 82.6 Å². The molecule has 1 saturated heterocycles. The summed E-state index contributed by atoms with van der Waals surface area (Å²) in [7, 11) is 0. The predicted octanol–water partition coefficient (Wildman–Crippen LogP) is 2.66. The molecule has 2 aromatic carbocycles. The number of carboxylic acids is 1. The van der Waals surface area contributed by atoms with Crippen molar-refractivity contribution in [2.75, 3.05) is 13.1 Å². The molecule has 0 radical (unpaired) electrons. The Bertz CT molecular complexity index is 1310. The average Bonchev–Trinajstić information content (AvgIpc) is 3.40. The Morgan fingerprint density at radius 3 is 2.27 bits per heavy atom.